The van der Waals surface area contributed by atoms with Crippen LogP contribution in [0.4, 0.5) is 0 Å². The number of hydrogen-bond acceptors (Lipinski definition) is 3. The second-order valence-corrected chi connectivity index (χ2v) is 6.36. The molecule has 1 heterocycles. The first-order valence-electron chi connectivity index (χ1n) is 8.20. The fourth-order valence-corrected chi connectivity index (χ4v) is 2.87. The van der Waals surface area contributed by atoms with E-state index in [0.29, 0.717) is 28.5 Å². The van der Waals surface area contributed by atoms with Crippen LogP contribution in [0.15, 0.2) is 88.1 Å². The van der Waals surface area contributed by atoms with E-state index in [0.717, 1.165) is 16.5 Å². The van der Waals surface area contributed by atoms with Crippen molar-refractivity contribution in [3.05, 3.63) is 99.9 Å². The molecule has 0 saturated carbocycles. The van der Waals surface area contributed by atoms with Crippen LogP contribution in [0.25, 0.3) is 22.1 Å². The lowest BCUT2D eigenvalue weighted by Crippen LogP contribution is -2.02. The van der Waals surface area contributed by atoms with E-state index in [4.69, 9.17) is 20.8 Å². The third kappa shape index (κ3) is 3.48. The van der Waals surface area contributed by atoms with Crippen molar-refractivity contribution < 1.29 is 9.15 Å². The number of rotatable bonds is 4. The average Bonchev–Trinajstić information content (AvgIpc) is 2.67. The molecule has 4 aromatic rings. The Kier molecular flexibility index (Phi) is 4.46. The standard InChI is InChI=1S/C22H15ClO3/c23-18-9-6-15(7-10-18)14-25-19-11-8-17-12-20(16-4-2-1-3-5-16)22(24)26-21(17)13-19/h1-13H,14H2. The van der Waals surface area contributed by atoms with Gasteiger partial charge in [-0.2, -0.15) is 0 Å². The van der Waals surface area contributed by atoms with Gasteiger partial charge >= 0.3 is 5.63 Å². The predicted molar refractivity (Wildman–Crippen MR) is 104 cm³/mol. The number of ether oxygens (including phenoxy) is 1. The SMILES string of the molecule is O=c1oc2cc(OCc3ccc(Cl)cc3)ccc2cc1-c1ccccc1. The summed E-state index contributed by atoms with van der Waals surface area (Å²) < 4.78 is 11.3. The van der Waals surface area contributed by atoms with Gasteiger partial charge in [0, 0.05) is 16.5 Å². The van der Waals surface area contributed by atoms with Crippen LogP contribution in [-0.2, 0) is 6.61 Å². The van der Waals surface area contributed by atoms with Crippen LogP contribution in [0.3, 0.4) is 0 Å². The predicted octanol–water partition coefficient (Wildman–Crippen LogP) is 5.69. The van der Waals surface area contributed by atoms with Crippen LogP contribution in [0, 0.1) is 0 Å². The van der Waals surface area contributed by atoms with Crippen LogP contribution < -0.4 is 10.4 Å². The summed E-state index contributed by atoms with van der Waals surface area (Å²) in [6, 6.07) is 24.3. The Hall–Kier alpha value is -3.04. The van der Waals surface area contributed by atoms with Crippen molar-refractivity contribution in [2.24, 2.45) is 0 Å². The van der Waals surface area contributed by atoms with E-state index in [1.807, 2.05) is 72.8 Å². The summed E-state index contributed by atoms with van der Waals surface area (Å²) in [4.78, 5) is 12.3. The lowest BCUT2D eigenvalue weighted by Gasteiger charge is -2.08. The first-order chi connectivity index (χ1) is 12.7. The highest BCUT2D eigenvalue weighted by atomic mass is 35.5. The Balaban J connectivity index is 1.61. The summed E-state index contributed by atoms with van der Waals surface area (Å²) in [5, 5.41) is 1.54. The molecule has 0 bridgehead atoms. The third-order valence-electron chi connectivity index (χ3n) is 4.11. The average molecular weight is 363 g/mol. The first-order valence-corrected chi connectivity index (χ1v) is 8.57. The highest BCUT2D eigenvalue weighted by Gasteiger charge is 2.08. The van der Waals surface area contributed by atoms with Gasteiger partial charge in [0.05, 0.1) is 5.56 Å². The van der Waals surface area contributed by atoms with Crippen molar-refractivity contribution in [1.82, 2.24) is 0 Å². The maximum absolute atomic E-state index is 12.3. The molecular weight excluding hydrogens is 348 g/mol. The Labute approximate surface area is 155 Å². The van der Waals surface area contributed by atoms with Gasteiger partial charge in [-0.3, -0.25) is 0 Å². The summed E-state index contributed by atoms with van der Waals surface area (Å²) >= 11 is 5.88. The van der Waals surface area contributed by atoms with Crippen molar-refractivity contribution in [2.75, 3.05) is 0 Å². The summed E-state index contributed by atoms with van der Waals surface area (Å²) in [5.74, 6) is 0.642. The highest BCUT2D eigenvalue weighted by molar-refractivity contribution is 6.30. The number of hydrogen-bond donors (Lipinski definition) is 0. The van der Waals surface area contributed by atoms with Crippen molar-refractivity contribution in [3.63, 3.8) is 0 Å². The van der Waals surface area contributed by atoms with Crippen LogP contribution in [0.5, 0.6) is 5.75 Å². The van der Waals surface area contributed by atoms with Gasteiger partial charge in [-0.15, -0.1) is 0 Å². The Morgan fingerprint density at radius 1 is 0.885 bits per heavy atom. The lowest BCUT2D eigenvalue weighted by atomic mass is 10.1. The molecule has 0 saturated heterocycles. The zero-order valence-corrected chi connectivity index (χ0v) is 14.6. The van der Waals surface area contributed by atoms with Gasteiger partial charge in [-0.05, 0) is 41.5 Å². The fraction of sp³-hybridized carbons (Fsp3) is 0.0455. The van der Waals surface area contributed by atoms with Gasteiger partial charge in [-0.1, -0.05) is 54.1 Å². The molecule has 0 spiro atoms. The molecule has 0 N–H and O–H groups in total. The number of benzene rings is 3. The van der Waals surface area contributed by atoms with Gasteiger partial charge in [0.1, 0.15) is 17.9 Å². The molecule has 0 amide bonds. The number of halogens is 1. The summed E-state index contributed by atoms with van der Waals surface area (Å²) in [6.07, 6.45) is 0. The van der Waals surface area contributed by atoms with E-state index in [1.54, 1.807) is 6.07 Å². The smallest absolute Gasteiger partial charge is 0.344 e. The molecule has 0 aliphatic heterocycles. The minimum Gasteiger partial charge on any atom is -0.489 e. The fourth-order valence-electron chi connectivity index (χ4n) is 2.75. The second-order valence-electron chi connectivity index (χ2n) is 5.93. The molecule has 0 atom stereocenters. The molecule has 4 heteroatoms. The van der Waals surface area contributed by atoms with Crippen molar-refractivity contribution in [3.8, 4) is 16.9 Å². The van der Waals surface area contributed by atoms with Crippen LogP contribution in [0.1, 0.15) is 5.56 Å². The van der Waals surface area contributed by atoms with E-state index in [1.165, 1.54) is 0 Å². The van der Waals surface area contributed by atoms with Gasteiger partial charge in [0.2, 0.25) is 0 Å². The molecule has 3 nitrogen and oxygen atoms in total. The van der Waals surface area contributed by atoms with Crippen LogP contribution in [0.2, 0.25) is 5.02 Å². The lowest BCUT2D eigenvalue weighted by molar-refractivity contribution is 0.306. The molecule has 128 valence electrons. The van der Waals surface area contributed by atoms with E-state index < -0.39 is 0 Å². The van der Waals surface area contributed by atoms with E-state index in [-0.39, 0.29) is 5.63 Å². The minimum absolute atomic E-state index is 0.362. The van der Waals surface area contributed by atoms with Gasteiger partial charge in [0.25, 0.3) is 0 Å². The molecule has 0 aliphatic carbocycles. The molecule has 3 aromatic carbocycles. The summed E-state index contributed by atoms with van der Waals surface area (Å²) in [5.41, 5.74) is 2.54. The Morgan fingerprint density at radius 2 is 1.65 bits per heavy atom. The Bertz CT molecular complexity index is 1100. The summed E-state index contributed by atoms with van der Waals surface area (Å²) in [7, 11) is 0. The number of fused-ring (bicyclic) bond motifs is 1. The van der Waals surface area contributed by atoms with Crippen molar-refractivity contribution in [2.45, 2.75) is 6.61 Å². The Morgan fingerprint density at radius 3 is 2.42 bits per heavy atom. The highest BCUT2D eigenvalue weighted by Crippen LogP contribution is 2.25. The molecule has 26 heavy (non-hydrogen) atoms. The minimum atomic E-state index is -0.362. The largest absolute Gasteiger partial charge is 0.489 e. The third-order valence-corrected chi connectivity index (χ3v) is 4.36. The molecule has 0 aliphatic rings. The monoisotopic (exact) mass is 362 g/mol. The molecule has 0 unspecified atom stereocenters. The molecule has 1 aromatic heterocycles. The van der Waals surface area contributed by atoms with Crippen molar-refractivity contribution >= 4 is 22.6 Å². The van der Waals surface area contributed by atoms with E-state index >= 15 is 0 Å². The zero-order valence-electron chi connectivity index (χ0n) is 13.8. The van der Waals surface area contributed by atoms with Gasteiger partial charge in [-0.25, -0.2) is 4.79 Å². The maximum Gasteiger partial charge on any atom is 0.344 e. The first kappa shape index (κ1) is 16.4. The normalized spacial score (nSPS) is 10.8. The maximum atomic E-state index is 12.3. The zero-order chi connectivity index (χ0) is 17.9. The van der Waals surface area contributed by atoms with Gasteiger partial charge in [0.15, 0.2) is 0 Å². The summed E-state index contributed by atoms with van der Waals surface area (Å²) in [6.45, 7) is 0.412. The van der Waals surface area contributed by atoms with Crippen LogP contribution in [-0.4, -0.2) is 0 Å². The van der Waals surface area contributed by atoms with Gasteiger partial charge < -0.3 is 9.15 Å². The van der Waals surface area contributed by atoms with Crippen LogP contribution >= 0.6 is 11.6 Å². The molecule has 4 rings (SSSR count). The quantitative estimate of drug-likeness (QED) is 0.437. The second kappa shape index (κ2) is 7.06. The molecular formula is C22H15ClO3. The molecule has 0 radical (unpaired) electrons. The van der Waals surface area contributed by atoms with E-state index in [9.17, 15) is 4.79 Å². The topological polar surface area (TPSA) is 39.4 Å². The molecule has 0 fully saturated rings. The van der Waals surface area contributed by atoms with E-state index in [2.05, 4.69) is 0 Å². The van der Waals surface area contributed by atoms with Crippen molar-refractivity contribution in [1.29, 1.82) is 0 Å².